The second-order valence-corrected chi connectivity index (χ2v) is 4.27. The van der Waals surface area contributed by atoms with Gasteiger partial charge in [0.1, 0.15) is 0 Å². The van der Waals surface area contributed by atoms with Crippen LogP contribution in [0.15, 0.2) is 12.5 Å². The average molecular weight is 193 g/mol. The van der Waals surface area contributed by atoms with Gasteiger partial charge in [-0.1, -0.05) is 13.3 Å². The topological polar surface area (TPSA) is 43.8 Å². The van der Waals surface area contributed by atoms with E-state index in [1.165, 1.54) is 18.5 Å². The minimum Gasteiger partial charge on any atom is -0.331 e. The van der Waals surface area contributed by atoms with E-state index in [1.807, 2.05) is 12.5 Å². The van der Waals surface area contributed by atoms with Crippen LogP contribution < -0.4 is 5.73 Å². The summed E-state index contributed by atoms with van der Waals surface area (Å²) in [5.41, 5.74) is 7.29. The van der Waals surface area contributed by atoms with E-state index in [2.05, 4.69) is 16.5 Å². The molecule has 2 rings (SSSR count). The summed E-state index contributed by atoms with van der Waals surface area (Å²) in [6.45, 7) is 2.21. The zero-order chi connectivity index (χ0) is 9.97. The Morgan fingerprint density at radius 3 is 3.07 bits per heavy atom. The highest BCUT2D eigenvalue weighted by Crippen LogP contribution is 2.29. The first kappa shape index (κ1) is 9.71. The Balaban J connectivity index is 2.11. The van der Waals surface area contributed by atoms with Gasteiger partial charge in [-0.05, 0) is 25.7 Å². The first-order valence-corrected chi connectivity index (χ1v) is 5.57. The maximum Gasteiger partial charge on any atom is 0.0950 e. The standard InChI is InChI=1S/C11H19N3/c1-2-3-11-7-13-8-14(11)10-5-4-9(12)6-10/h7-10H,2-6,12H2,1H3. The third-order valence-corrected chi connectivity index (χ3v) is 3.09. The van der Waals surface area contributed by atoms with Crippen LogP contribution in [0.25, 0.3) is 0 Å². The molecule has 1 saturated carbocycles. The predicted molar refractivity (Wildman–Crippen MR) is 57.1 cm³/mol. The van der Waals surface area contributed by atoms with E-state index in [0.717, 1.165) is 19.3 Å². The lowest BCUT2D eigenvalue weighted by Crippen LogP contribution is -2.16. The van der Waals surface area contributed by atoms with Crippen LogP contribution in [0.5, 0.6) is 0 Å². The molecule has 3 heteroatoms. The Hall–Kier alpha value is -0.830. The van der Waals surface area contributed by atoms with Crippen molar-refractivity contribution in [2.45, 2.75) is 51.1 Å². The lowest BCUT2D eigenvalue weighted by Gasteiger charge is -2.14. The van der Waals surface area contributed by atoms with Gasteiger partial charge in [-0.3, -0.25) is 0 Å². The smallest absolute Gasteiger partial charge is 0.0950 e. The molecule has 1 heterocycles. The van der Waals surface area contributed by atoms with E-state index in [9.17, 15) is 0 Å². The first-order valence-electron chi connectivity index (χ1n) is 5.57. The lowest BCUT2D eigenvalue weighted by atomic mass is 10.2. The van der Waals surface area contributed by atoms with E-state index >= 15 is 0 Å². The van der Waals surface area contributed by atoms with Crippen LogP contribution in [0.2, 0.25) is 0 Å². The van der Waals surface area contributed by atoms with Crippen LogP contribution in [-0.2, 0) is 6.42 Å². The number of nitrogens with zero attached hydrogens (tertiary/aromatic N) is 2. The molecule has 0 aliphatic heterocycles. The minimum atomic E-state index is 0.400. The largest absolute Gasteiger partial charge is 0.331 e. The molecule has 1 fully saturated rings. The number of imidazole rings is 1. The van der Waals surface area contributed by atoms with Gasteiger partial charge in [0.25, 0.3) is 0 Å². The normalized spacial score (nSPS) is 27.0. The number of aryl methyl sites for hydroxylation is 1. The average Bonchev–Trinajstić information content (AvgIpc) is 2.74. The Bertz CT molecular complexity index is 292. The number of aromatic nitrogens is 2. The Labute approximate surface area is 85.3 Å². The predicted octanol–water partition coefficient (Wildman–Crippen LogP) is 1.89. The van der Waals surface area contributed by atoms with Crippen molar-refractivity contribution >= 4 is 0 Å². The van der Waals surface area contributed by atoms with Crippen molar-refractivity contribution in [3.8, 4) is 0 Å². The molecule has 2 atom stereocenters. The van der Waals surface area contributed by atoms with Crippen LogP contribution in [0.3, 0.4) is 0 Å². The van der Waals surface area contributed by atoms with Crippen molar-refractivity contribution in [2.75, 3.05) is 0 Å². The van der Waals surface area contributed by atoms with E-state index in [0.29, 0.717) is 12.1 Å². The molecule has 1 aromatic heterocycles. The minimum absolute atomic E-state index is 0.400. The fourth-order valence-corrected chi connectivity index (χ4v) is 2.35. The Morgan fingerprint density at radius 1 is 1.57 bits per heavy atom. The molecule has 0 bridgehead atoms. The highest BCUT2D eigenvalue weighted by Gasteiger charge is 2.24. The summed E-state index contributed by atoms with van der Waals surface area (Å²) in [7, 11) is 0. The van der Waals surface area contributed by atoms with E-state index < -0.39 is 0 Å². The second kappa shape index (κ2) is 4.13. The maximum absolute atomic E-state index is 5.92. The van der Waals surface area contributed by atoms with E-state index in [-0.39, 0.29) is 0 Å². The Kier molecular flexibility index (Phi) is 2.87. The fraction of sp³-hybridized carbons (Fsp3) is 0.727. The molecule has 1 aliphatic carbocycles. The summed E-state index contributed by atoms with van der Waals surface area (Å²) < 4.78 is 2.33. The van der Waals surface area contributed by atoms with Crippen molar-refractivity contribution in [1.82, 2.24) is 9.55 Å². The zero-order valence-electron chi connectivity index (χ0n) is 8.82. The summed E-state index contributed by atoms with van der Waals surface area (Å²) in [6.07, 6.45) is 9.77. The van der Waals surface area contributed by atoms with Crippen LogP contribution >= 0.6 is 0 Å². The summed E-state index contributed by atoms with van der Waals surface area (Å²) in [5.74, 6) is 0. The van der Waals surface area contributed by atoms with Crippen molar-refractivity contribution in [2.24, 2.45) is 5.73 Å². The number of hydrogen-bond donors (Lipinski definition) is 1. The first-order chi connectivity index (χ1) is 6.81. The molecule has 14 heavy (non-hydrogen) atoms. The molecule has 0 saturated heterocycles. The number of hydrogen-bond acceptors (Lipinski definition) is 2. The second-order valence-electron chi connectivity index (χ2n) is 4.27. The van der Waals surface area contributed by atoms with Gasteiger partial charge in [-0.25, -0.2) is 4.98 Å². The molecule has 3 nitrogen and oxygen atoms in total. The number of nitrogens with two attached hydrogens (primary N) is 1. The molecule has 0 aromatic carbocycles. The molecule has 1 aliphatic rings. The quantitative estimate of drug-likeness (QED) is 0.796. The molecule has 2 unspecified atom stereocenters. The van der Waals surface area contributed by atoms with Crippen LogP contribution in [0.1, 0.15) is 44.3 Å². The van der Waals surface area contributed by atoms with Gasteiger partial charge in [-0.15, -0.1) is 0 Å². The van der Waals surface area contributed by atoms with Crippen LogP contribution in [0.4, 0.5) is 0 Å². The van der Waals surface area contributed by atoms with Gasteiger partial charge in [0.05, 0.1) is 6.33 Å². The molecule has 1 aromatic rings. The number of rotatable bonds is 3. The third-order valence-electron chi connectivity index (χ3n) is 3.09. The highest BCUT2D eigenvalue weighted by molar-refractivity contribution is 5.02. The van der Waals surface area contributed by atoms with E-state index in [4.69, 9.17) is 5.73 Å². The van der Waals surface area contributed by atoms with Gasteiger partial charge in [0.2, 0.25) is 0 Å². The van der Waals surface area contributed by atoms with Gasteiger partial charge < -0.3 is 10.3 Å². The summed E-state index contributed by atoms with van der Waals surface area (Å²) in [6, 6.07) is 1.01. The van der Waals surface area contributed by atoms with Crippen molar-refractivity contribution in [3.05, 3.63) is 18.2 Å². The highest BCUT2D eigenvalue weighted by atomic mass is 15.1. The SMILES string of the molecule is CCCc1cncn1C1CCC(N)C1. The van der Waals surface area contributed by atoms with Gasteiger partial charge >= 0.3 is 0 Å². The molecule has 78 valence electrons. The maximum atomic E-state index is 5.92. The van der Waals surface area contributed by atoms with Crippen molar-refractivity contribution in [3.63, 3.8) is 0 Å². The van der Waals surface area contributed by atoms with Gasteiger partial charge in [0.15, 0.2) is 0 Å². The summed E-state index contributed by atoms with van der Waals surface area (Å²) >= 11 is 0. The van der Waals surface area contributed by atoms with Crippen LogP contribution in [-0.4, -0.2) is 15.6 Å². The molecular weight excluding hydrogens is 174 g/mol. The summed E-state index contributed by atoms with van der Waals surface area (Å²) in [5, 5.41) is 0. The molecule has 0 spiro atoms. The fourth-order valence-electron chi connectivity index (χ4n) is 2.35. The van der Waals surface area contributed by atoms with Crippen molar-refractivity contribution in [1.29, 1.82) is 0 Å². The van der Waals surface area contributed by atoms with Gasteiger partial charge in [0, 0.05) is 24.0 Å². The Morgan fingerprint density at radius 2 is 2.43 bits per heavy atom. The third kappa shape index (κ3) is 1.82. The zero-order valence-corrected chi connectivity index (χ0v) is 8.82. The summed E-state index contributed by atoms with van der Waals surface area (Å²) in [4.78, 5) is 4.23. The monoisotopic (exact) mass is 193 g/mol. The lowest BCUT2D eigenvalue weighted by molar-refractivity contribution is 0.491. The van der Waals surface area contributed by atoms with Crippen LogP contribution in [0, 0.1) is 0 Å². The van der Waals surface area contributed by atoms with Gasteiger partial charge in [-0.2, -0.15) is 0 Å². The molecule has 2 N–H and O–H groups in total. The molecule has 0 amide bonds. The van der Waals surface area contributed by atoms with E-state index in [1.54, 1.807) is 0 Å². The molecular formula is C11H19N3. The molecule has 0 radical (unpaired) electrons. The van der Waals surface area contributed by atoms with Crippen molar-refractivity contribution < 1.29 is 0 Å².